The first-order chi connectivity index (χ1) is 11.2. The SMILES string of the molecule is CCCCCc1cccc(C(=O)NNC(=O)c2ccncc2)n1.Cl. The van der Waals surface area contributed by atoms with E-state index in [0.29, 0.717) is 5.56 Å². The minimum atomic E-state index is -0.440. The minimum absolute atomic E-state index is 0. The predicted molar refractivity (Wildman–Crippen MR) is 93.9 cm³/mol. The van der Waals surface area contributed by atoms with E-state index >= 15 is 0 Å². The molecule has 0 spiro atoms. The predicted octanol–water partition coefficient (Wildman–Crippen LogP) is 2.71. The molecule has 2 aromatic rings. The number of unbranched alkanes of at least 4 members (excludes halogenated alkanes) is 2. The number of halogens is 1. The number of aryl methyl sites for hydroxylation is 1. The first-order valence-corrected chi connectivity index (χ1v) is 7.67. The monoisotopic (exact) mass is 348 g/mol. The number of amides is 2. The van der Waals surface area contributed by atoms with E-state index in [-0.39, 0.29) is 18.1 Å². The fourth-order valence-corrected chi connectivity index (χ4v) is 2.05. The second-order valence-electron chi connectivity index (χ2n) is 5.12. The average Bonchev–Trinajstić information content (AvgIpc) is 2.60. The Labute approximate surface area is 147 Å². The van der Waals surface area contributed by atoms with E-state index < -0.39 is 11.8 Å². The topological polar surface area (TPSA) is 84.0 Å². The lowest BCUT2D eigenvalue weighted by Crippen LogP contribution is -2.42. The maximum absolute atomic E-state index is 12.1. The zero-order valence-corrected chi connectivity index (χ0v) is 14.3. The van der Waals surface area contributed by atoms with Gasteiger partial charge in [0.2, 0.25) is 0 Å². The smallest absolute Gasteiger partial charge is 0.267 e. The molecule has 0 unspecified atom stereocenters. The molecule has 2 heterocycles. The highest BCUT2D eigenvalue weighted by Crippen LogP contribution is 2.05. The standard InChI is InChI=1S/C17H20N4O2.ClH/c1-2-3-4-6-14-7-5-8-15(19-14)17(23)21-20-16(22)13-9-11-18-12-10-13;/h5,7-12H,2-4,6H2,1H3,(H,20,22)(H,21,23);1H. The maximum Gasteiger partial charge on any atom is 0.288 e. The van der Waals surface area contributed by atoms with E-state index in [1.165, 1.54) is 12.4 Å². The van der Waals surface area contributed by atoms with Crippen LogP contribution in [0.15, 0.2) is 42.7 Å². The molecule has 2 amide bonds. The van der Waals surface area contributed by atoms with Crippen LogP contribution in [-0.4, -0.2) is 21.8 Å². The van der Waals surface area contributed by atoms with E-state index in [4.69, 9.17) is 0 Å². The minimum Gasteiger partial charge on any atom is -0.267 e. The summed E-state index contributed by atoms with van der Waals surface area (Å²) in [5.74, 6) is -0.843. The number of hydrazine groups is 1. The number of carbonyl (C=O) groups excluding carboxylic acids is 2. The fraction of sp³-hybridized carbons (Fsp3) is 0.294. The molecule has 6 nitrogen and oxygen atoms in total. The Morgan fingerprint density at radius 1 is 1.00 bits per heavy atom. The van der Waals surface area contributed by atoms with Gasteiger partial charge in [-0.3, -0.25) is 25.4 Å². The van der Waals surface area contributed by atoms with Crippen molar-refractivity contribution in [3.63, 3.8) is 0 Å². The van der Waals surface area contributed by atoms with Crippen molar-refractivity contribution in [1.82, 2.24) is 20.8 Å². The summed E-state index contributed by atoms with van der Waals surface area (Å²) in [6, 6.07) is 8.45. The molecule has 0 radical (unpaired) electrons. The number of pyridine rings is 2. The van der Waals surface area contributed by atoms with Gasteiger partial charge in [-0.1, -0.05) is 25.8 Å². The van der Waals surface area contributed by atoms with Gasteiger partial charge < -0.3 is 0 Å². The fourth-order valence-electron chi connectivity index (χ4n) is 2.05. The molecule has 0 aromatic carbocycles. The highest BCUT2D eigenvalue weighted by molar-refractivity contribution is 5.98. The summed E-state index contributed by atoms with van der Waals surface area (Å²) in [4.78, 5) is 32.1. The lowest BCUT2D eigenvalue weighted by Gasteiger charge is -2.08. The van der Waals surface area contributed by atoms with Crippen LogP contribution in [0.1, 0.15) is 52.7 Å². The number of hydrogen-bond acceptors (Lipinski definition) is 4. The largest absolute Gasteiger partial charge is 0.288 e. The number of rotatable bonds is 6. The van der Waals surface area contributed by atoms with E-state index in [2.05, 4.69) is 27.7 Å². The van der Waals surface area contributed by atoms with Crippen molar-refractivity contribution in [3.8, 4) is 0 Å². The van der Waals surface area contributed by atoms with Crippen LogP contribution in [0.3, 0.4) is 0 Å². The molecule has 0 fully saturated rings. The molecule has 7 heteroatoms. The van der Waals surface area contributed by atoms with Crippen molar-refractivity contribution in [3.05, 3.63) is 59.7 Å². The average molecular weight is 349 g/mol. The third-order valence-corrected chi connectivity index (χ3v) is 3.31. The van der Waals surface area contributed by atoms with Crippen molar-refractivity contribution >= 4 is 24.2 Å². The summed E-state index contributed by atoms with van der Waals surface area (Å²) in [6.45, 7) is 2.14. The molecule has 24 heavy (non-hydrogen) atoms. The molecule has 2 N–H and O–H groups in total. The zero-order valence-electron chi connectivity index (χ0n) is 13.5. The Balaban J connectivity index is 0.00000288. The number of aromatic nitrogens is 2. The normalized spacial score (nSPS) is 9.71. The molecule has 0 atom stereocenters. The second-order valence-corrected chi connectivity index (χ2v) is 5.12. The first-order valence-electron chi connectivity index (χ1n) is 7.67. The zero-order chi connectivity index (χ0) is 16.5. The lowest BCUT2D eigenvalue weighted by atomic mass is 10.1. The highest BCUT2D eigenvalue weighted by atomic mass is 35.5. The van der Waals surface area contributed by atoms with Crippen LogP contribution in [0.25, 0.3) is 0 Å². The van der Waals surface area contributed by atoms with E-state index in [0.717, 1.165) is 31.4 Å². The molecule has 2 aromatic heterocycles. The van der Waals surface area contributed by atoms with Gasteiger partial charge in [0, 0.05) is 23.7 Å². The van der Waals surface area contributed by atoms with Crippen LogP contribution < -0.4 is 10.9 Å². The van der Waals surface area contributed by atoms with Gasteiger partial charge in [-0.25, -0.2) is 4.98 Å². The van der Waals surface area contributed by atoms with Crippen LogP contribution in [0.2, 0.25) is 0 Å². The van der Waals surface area contributed by atoms with E-state index in [1.54, 1.807) is 24.3 Å². The third kappa shape index (κ3) is 5.96. The van der Waals surface area contributed by atoms with Crippen molar-refractivity contribution in [2.75, 3.05) is 0 Å². The Kier molecular flexibility index (Phi) is 8.43. The molecular formula is C17H21ClN4O2. The van der Waals surface area contributed by atoms with Crippen LogP contribution >= 0.6 is 12.4 Å². The van der Waals surface area contributed by atoms with Crippen LogP contribution in [0, 0.1) is 0 Å². The molecule has 0 aliphatic heterocycles. The van der Waals surface area contributed by atoms with Gasteiger partial charge in [0.1, 0.15) is 5.69 Å². The Morgan fingerprint density at radius 3 is 2.42 bits per heavy atom. The van der Waals surface area contributed by atoms with Crippen molar-refractivity contribution in [1.29, 1.82) is 0 Å². The van der Waals surface area contributed by atoms with Gasteiger partial charge in [-0.2, -0.15) is 0 Å². The lowest BCUT2D eigenvalue weighted by molar-refractivity contribution is 0.0844. The summed E-state index contributed by atoms with van der Waals surface area (Å²) in [5.41, 5.74) is 6.32. The second kappa shape index (κ2) is 10.3. The molecule has 0 aliphatic carbocycles. The Hall–Kier alpha value is -2.47. The Bertz CT molecular complexity index is 665. The van der Waals surface area contributed by atoms with Gasteiger partial charge in [0.05, 0.1) is 0 Å². The van der Waals surface area contributed by atoms with Crippen molar-refractivity contribution in [2.45, 2.75) is 32.6 Å². The molecule has 0 aliphatic rings. The van der Waals surface area contributed by atoms with Crippen molar-refractivity contribution in [2.24, 2.45) is 0 Å². The Morgan fingerprint density at radius 2 is 1.71 bits per heavy atom. The molecule has 2 rings (SSSR count). The van der Waals surface area contributed by atoms with Gasteiger partial charge in [0.15, 0.2) is 0 Å². The van der Waals surface area contributed by atoms with Crippen LogP contribution in [-0.2, 0) is 6.42 Å². The molecule has 0 bridgehead atoms. The number of hydrogen-bond donors (Lipinski definition) is 2. The summed E-state index contributed by atoms with van der Waals surface area (Å²) in [6.07, 6.45) is 7.20. The quantitative estimate of drug-likeness (QED) is 0.621. The first kappa shape index (κ1) is 19.6. The molecule has 128 valence electrons. The van der Waals surface area contributed by atoms with E-state index in [1.807, 2.05) is 6.07 Å². The van der Waals surface area contributed by atoms with Gasteiger partial charge in [-0.05, 0) is 37.1 Å². The molecule has 0 saturated carbocycles. The van der Waals surface area contributed by atoms with Gasteiger partial charge in [0.25, 0.3) is 11.8 Å². The van der Waals surface area contributed by atoms with Crippen LogP contribution in [0.5, 0.6) is 0 Å². The number of nitrogens with zero attached hydrogens (tertiary/aromatic N) is 2. The maximum atomic E-state index is 12.1. The van der Waals surface area contributed by atoms with Gasteiger partial charge in [-0.15, -0.1) is 12.4 Å². The number of nitrogens with one attached hydrogen (secondary N) is 2. The number of carbonyl (C=O) groups is 2. The molecule has 0 saturated heterocycles. The summed E-state index contributed by atoms with van der Waals surface area (Å²) in [5, 5.41) is 0. The van der Waals surface area contributed by atoms with Crippen molar-refractivity contribution < 1.29 is 9.59 Å². The highest BCUT2D eigenvalue weighted by Gasteiger charge is 2.10. The van der Waals surface area contributed by atoms with Crippen LogP contribution in [0.4, 0.5) is 0 Å². The third-order valence-electron chi connectivity index (χ3n) is 3.31. The summed E-state index contributed by atoms with van der Waals surface area (Å²) < 4.78 is 0. The summed E-state index contributed by atoms with van der Waals surface area (Å²) >= 11 is 0. The summed E-state index contributed by atoms with van der Waals surface area (Å²) in [7, 11) is 0. The van der Waals surface area contributed by atoms with Gasteiger partial charge >= 0.3 is 0 Å². The molecular weight excluding hydrogens is 328 g/mol. The van der Waals surface area contributed by atoms with E-state index in [9.17, 15) is 9.59 Å².